The Balaban J connectivity index is 1.98. The molecule has 26 heavy (non-hydrogen) atoms. The number of ether oxygens (including phenoxy) is 1. The molecule has 0 fully saturated rings. The van der Waals surface area contributed by atoms with Gasteiger partial charge in [0.1, 0.15) is 23.0 Å². The fourth-order valence-electron chi connectivity index (χ4n) is 2.99. The average Bonchev–Trinajstić information content (AvgIpc) is 3.08. The molecule has 0 aliphatic heterocycles. The Kier molecular flexibility index (Phi) is 4.63. The number of rotatable bonds is 5. The van der Waals surface area contributed by atoms with E-state index in [-0.39, 0.29) is 17.2 Å². The highest BCUT2D eigenvalue weighted by Gasteiger charge is 2.19. The number of Topliss-reactive ketones (excluding diaryl/α,β-unsaturated/α-hetero) is 1. The van der Waals surface area contributed by atoms with E-state index in [9.17, 15) is 9.18 Å². The fraction of sp³-hybridized carbons (Fsp3) is 0.316. The second-order valence-corrected chi connectivity index (χ2v) is 6.13. The summed E-state index contributed by atoms with van der Waals surface area (Å²) in [7, 11) is 1.51. The first-order valence-electron chi connectivity index (χ1n) is 8.17. The van der Waals surface area contributed by atoms with Gasteiger partial charge in [-0.15, -0.1) is 0 Å². The first kappa shape index (κ1) is 17.8. The molecule has 3 rings (SSSR count). The van der Waals surface area contributed by atoms with Crippen molar-refractivity contribution < 1.29 is 18.3 Å². The molecule has 7 heteroatoms. The van der Waals surface area contributed by atoms with Gasteiger partial charge in [0.25, 0.3) is 0 Å². The van der Waals surface area contributed by atoms with Crippen molar-refractivity contribution >= 4 is 5.78 Å². The van der Waals surface area contributed by atoms with Gasteiger partial charge in [0, 0.05) is 5.69 Å². The Hall–Kier alpha value is -2.96. The van der Waals surface area contributed by atoms with Gasteiger partial charge in [0.15, 0.2) is 5.78 Å². The highest BCUT2D eigenvalue weighted by atomic mass is 19.1. The Bertz CT molecular complexity index is 988. The number of carbonyl (C=O) groups is 1. The predicted octanol–water partition coefficient (Wildman–Crippen LogP) is 3.86. The van der Waals surface area contributed by atoms with Crippen LogP contribution in [0.5, 0.6) is 5.75 Å². The van der Waals surface area contributed by atoms with Gasteiger partial charge in [-0.1, -0.05) is 0 Å². The number of ketones is 1. The molecule has 1 aromatic carbocycles. The van der Waals surface area contributed by atoms with Crippen molar-refractivity contribution in [2.24, 2.45) is 0 Å². The third-order valence-electron chi connectivity index (χ3n) is 4.33. The minimum absolute atomic E-state index is 0.0257. The van der Waals surface area contributed by atoms with Crippen molar-refractivity contribution in [3.8, 4) is 17.2 Å². The molecular formula is C19H20FN3O3. The van der Waals surface area contributed by atoms with E-state index in [2.05, 4.69) is 10.1 Å². The summed E-state index contributed by atoms with van der Waals surface area (Å²) in [5.74, 6) is 0.802. The maximum Gasteiger partial charge on any atom is 0.229 e. The second kappa shape index (κ2) is 6.74. The molecule has 0 spiro atoms. The zero-order valence-corrected chi connectivity index (χ0v) is 15.4. The van der Waals surface area contributed by atoms with Crippen molar-refractivity contribution in [2.45, 2.75) is 34.2 Å². The van der Waals surface area contributed by atoms with Gasteiger partial charge in [-0.3, -0.25) is 9.48 Å². The van der Waals surface area contributed by atoms with E-state index in [1.807, 2.05) is 6.92 Å². The topological polar surface area (TPSA) is 70.2 Å². The smallest absolute Gasteiger partial charge is 0.229 e. The Labute approximate surface area is 150 Å². The Morgan fingerprint density at radius 3 is 2.65 bits per heavy atom. The summed E-state index contributed by atoms with van der Waals surface area (Å²) in [6, 6.07) is 4.39. The van der Waals surface area contributed by atoms with Crippen molar-refractivity contribution in [3.05, 3.63) is 52.4 Å². The lowest BCUT2D eigenvalue weighted by atomic mass is 10.1. The van der Waals surface area contributed by atoms with Crippen LogP contribution in [0.4, 0.5) is 4.39 Å². The van der Waals surface area contributed by atoms with Crippen LogP contribution in [0.15, 0.2) is 22.6 Å². The van der Waals surface area contributed by atoms with Crippen molar-refractivity contribution in [1.29, 1.82) is 0 Å². The van der Waals surface area contributed by atoms with E-state index in [0.717, 1.165) is 5.69 Å². The quantitative estimate of drug-likeness (QED) is 0.649. The molecule has 0 aliphatic carbocycles. The van der Waals surface area contributed by atoms with E-state index in [0.29, 0.717) is 35.0 Å². The molecule has 0 saturated heterocycles. The maximum absolute atomic E-state index is 14.2. The lowest BCUT2D eigenvalue weighted by Crippen LogP contribution is -2.06. The standard InChI is InChI=1S/C19H20FN3O3/c1-10-18(12(3)24)11(2)23(22-10)9-17-13(4)26-19(21-17)15-8-14(25-5)6-7-16(15)20/h6-8H,9H2,1-5H3. The summed E-state index contributed by atoms with van der Waals surface area (Å²) in [4.78, 5) is 16.2. The summed E-state index contributed by atoms with van der Waals surface area (Å²) >= 11 is 0. The molecule has 0 N–H and O–H groups in total. The summed E-state index contributed by atoms with van der Waals surface area (Å²) in [5.41, 5.74) is 2.92. The Morgan fingerprint density at radius 2 is 2.04 bits per heavy atom. The number of benzene rings is 1. The summed E-state index contributed by atoms with van der Waals surface area (Å²) in [5, 5.41) is 4.41. The number of carbonyl (C=O) groups excluding carboxylic acids is 1. The molecule has 2 aromatic heterocycles. The number of aromatic nitrogens is 3. The van der Waals surface area contributed by atoms with Crippen molar-refractivity contribution in [1.82, 2.24) is 14.8 Å². The number of nitrogens with zero attached hydrogens (tertiary/aromatic N) is 3. The van der Waals surface area contributed by atoms with Gasteiger partial charge in [0.2, 0.25) is 5.89 Å². The monoisotopic (exact) mass is 357 g/mol. The van der Waals surface area contributed by atoms with Crippen LogP contribution in [0.3, 0.4) is 0 Å². The van der Waals surface area contributed by atoms with Crippen LogP contribution in [0.25, 0.3) is 11.5 Å². The van der Waals surface area contributed by atoms with Crippen LogP contribution >= 0.6 is 0 Å². The van der Waals surface area contributed by atoms with Crippen LogP contribution in [0.2, 0.25) is 0 Å². The van der Waals surface area contributed by atoms with Gasteiger partial charge >= 0.3 is 0 Å². The van der Waals surface area contributed by atoms with E-state index in [1.165, 1.54) is 26.2 Å². The number of aryl methyl sites for hydroxylation is 2. The minimum Gasteiger partial charge on any atom is -0.497 e. The lowest BCUT2D eigenvalue weighted by molar-refractivity contribution is 0.101. The number of halogens is 1. The molecule has 0 amide bonds. The van der Waals surface area contributed by atoms with E-state index >= 15 is 0 Å². The lowest BCUT2D eigenvalue weighted by Gasteiger charge is -2.03. The first-order chi connectivity index (χ1) is 12.3. The van der Waals surface area contributed by atoms with Gasteiger partial charge in [-0.25, -0.2) is 9.37 Å². The van der Waals surface area contributed by atoms with Crippen molar-refractivity contribution in [2.75, 3.05) is 7.11 Å². The highest BCUT2D eigenvalue weighted by molar-refractivity contribution is 5.96. The number of hydrogen-bond donors (Lipinski definition) is 0. The fourth-order valence-corrected chi connectivity index (χ4v) is 2.99. The minimum atomic E-state index is -0.441. The molecule has 136 valence electrons. The van der Waals surface area contributed by atoms with Gasteiger partial charge in [-0.05, 0) is 45.9 Å². The molecular weight excluding hydrogens is 337 g/mol. The SMILES string of the molecule is COc1ccc(F)c(-c2nc(Cn3nc(C)c(C(C)=O)c3C)c(C)o2)c1. The van der Waals surface area contributed by atoms with E-state index in [4.69, 9.17) is 9.15 Å². The van der Waals surface area contributed by atoms with Crippen LogP contribution in [0, 0.1) is 26.6 Å². The van der Waals surface area contributed by atoms with Gasteiger partial charge < -0.3 is 9.15 Å². The molecule has 0 unspecified atom stereocenters. The molecule has 0 saturated carbocycles. The van der Waals surface area contributed by atoms with Crippen LogP contribution in [0.1, 0.15) is 40.1 Å². The summed E-state index contributed by atoms with van der Waals surface area (Å²) in [6.45, 7) is 7.26. The average molecular weight is 357 g/mol. The van der Waals surface area contributed by atoms with Crippen LogP contribution in [-0.2, 0) is 6.54 Å². The zero-order chi connectivity index (χ0) is 19.0. The van der Waals surface area contributed by atoms with Crippen LogP contribution in [-0.4, -0.2) is 27.7 Å². The molecule has 0 atom stereocenters. The Morgan fingerprint density at radius 1 is 1.31 bits per heavy atom. The molecule has 6 nitrogen and oxygen atoms in total. The number of hydrogen-bond acceptors (Lipinski definition) is 5. The normalized spacial score (nSPS) is 11.0. The van der Waals surface area contributed by atoms with Gasteiger partial charge in [0.05, 0.1) is 30.5 Å². The highest BCUT2D eigenvalue weighted by Crippen LogP contribution is 2.28. The molecule has 0 aliphatic rings. The zero-order valence-electron chi connectivity index (χ0n) is 15.4. The summed E-state index contributed by atoms with van der Waals surface area (Å²) in [6.07, 6.45) is 0. The van der Waals surface area contributed by atoms with Crippen molar-refractivity contribution in [3.63, 3.8) is 0 Å². The van der Waals surface area contributed by atoms with E-state index < -0.39 is 5.82 Å². The maximum atomic E-state index is 14.2. The molecule has 2 heterocycles. The second-order valence-electron chi connectivity index (χ2n) is 6.13. The van der Waals surface area contributed by atoms with Gasteiger partial charge in [-0.2, -0.15) is 5.10 Å². The van der Waals surface area contributed by atoms with Crippen LogP contribution < -0.4 is 4.74 Å². The van der Waals surface area contributed by atoms with E-state index in [1.54, 1.807) is 24.6 Å². The summed E-state index contributed by atoms with van der Waals surface area (Å²) < 4.78 is 26.7. The molecule has 0 radical (unpaired) electrons. The largest absolute Gasteiger partial charge is 0.497 e. The number of methoxy groups -OCH3 is 1. The molecule has 3 aromatic rings. The third kappa shape index (κ3) is 3.12. The third-order valence-corrected chi connectivity index (χ3v) is 4.33. The molecule has 0 bridgehead atoms. The first-order valence-corrected chi connectivity index (χ1v) is 8.17. The number of oxazole rings is 1. The predicted molar refractivity (Wildman–Crippen MR) is 94.0 cm³/mol.